The SMILES string of the molecule is c1cc(-c2ccc(-c3ccc4ccccc4c3)cc2)cc(N(c2ccc(-c3ccc4c(c3)sc3ccccc34)cc2)c2ccccc2-c2cccc3oc4ccccc4c23)c1. The van der Waals surface area contributed by atoms with Crippen LogP contribution in [0.3, 0.4) is 0 Å². The Morgan fingerprint density at radius 1 is 0.328 bits per heavy atom. The van der Waals surface area contributed by atoms with Crippen LogP contribution in [0.25, 0.3) is 97.4 Å². The summed E-state index contributed by atoms with van der Waals surface area (Å²) in [5.74, 6) is 0. The summed E-state index contributed by atoms with van der Waals surface area (Å²) in [7, 11) is 0. The maximum absolute atomic E-state index is 6.39. The number of benzene rings is 10. The zero-order valence-electron chi connectivity index (χ0n) is 33.1. The number of furan rings is 1. The summed E-state index contributed by atoms with van der Waals surface area (Å²) in [6.45, 7) is 0. The molecule has 2 aromatic heterocycles. The number of rotatable bonds is 7. The van der Waals surface area contributed by atoms with Crippen LogP contribution in [0.15, 0.2) is 229 Å². The van der Waals surface area contributed by atoms with Gasteiger partial charge < -0.3 is 9.32 Å². The van der Waals surface area contributed by atoms with Crippen LogP contribution < -0.4 is 4.90 Å². The fraction of sp³-hybridized carbons (Fsp3) is 0. The van der Waals surface area contributed by atoms with Gasteiger partial charge in [-0.2, -0.15) is 0 Å². The molecule has 0 radical (unpaired) electrons. The molecule has 0 aliphatic heterocycles. The molecule has 0 fully saturated rings. The Bertz CT molecular complexity index is 3590. The van der Waals surface area contributed by atoms with E-state index in [1.807, 2.05) is 17.4 Å². The average molecular weight is 796 g/mol. The minimum atomic E-state index is 0.883. The summed E-state index contributed by atoms with van der Waals surface area (Å²) in [5.41, 5.74) is 14.4. The Kier molecular flexibility index (Phi) is 8.39. The molecule has 2 heterocycles. The van der Waals surface area contributed by atoms with Crippen molar-refractivity contribution in [3.8, 4) is 44.5 Å². The molecule has 61 heavy (non-hydrogen) atoms. The van der Waals surface area contributed by atoms with E-state index in [1.54, 1.807) is 0 Å². The molecule has 0 amide bonds. The first-order chi connectivity index (χ1) is 30.2. The van der Waals surface area contributed by atoms with Crippen LogP contribution in [-0.2, 0) is 0 Å². The Hall–Kier alpha value is -7.72. The molecule has 0 atom stereocenters. The number of anilines is 3. The Labute approximate surface area is 357 Å². The monoisotopic (exact) mass is 795 g/mol. The topological polar surface area (TPSA) is 16.4 Å². The first kappa shape index (κ1) is 35.2. The quantitative estimate of drug-likeness (QED) is 0.160. The van der Waals surface area contributed by atoms with Crippen molar-refractivity contribution in [2.24, 2.45) is 0 Å². The summed E-state index contributed by atoms with van der Waals surface area (Å²) in [5, 5.41) is 7.37. The molecule has 3 heteroatoms. The lowest BCUT2D eigenvalue weighted by Crippen LogP contribution is -2.11. The molecule has 0 N–H and O–H groups in total. The molecule has 10 aromatic carbocycles. The predicted molar refractivity (Wildman–Crippen MR) is 261 cm³/mol. The molecule has 0 bridgehead atoms. The predicted octanol–water partition coefficient (Wildman–Crippen LogP) is 17.2. The summed E-state index contributed by atoms with van der Waals surface area (Å²) in [6.07, 6.45) is 0. The molecule has 286 valence electrons. The minimum absolute atomic E-state index is 0.883. The van der Waals surface area contributed by atoms with Gasteiger partial charge in [0.2, 0.25) is 0 Å². The molecule has 2 nitrogen and oxygen atoms in total. The highest BCUT2D eigenvalue weighted by Gasteiger charge is 2.21. The van der Waals surface area contributed by atoms with Gasteiger partial charge in [0.05, 0.1) is 5.69 Å². The molecule has 0 spiro atoms. The van der Waals surface area contributed by atoms with Crippen molar-refractivity contribution < 1.29 is 4.42 Å². The molecule has 0 saturated heterocycles. The van der Waals surface area contributed by atoms with E-state index in [9.17, 15) is 0 Å². The van der Waals surface area contributed by atoms with E-state index in [4.69, 9.17) is 4.42 Å². The van der Waals surface area contributed by atoms with Crippen molar-refractivity contribution >= 4 is 81.3 Å². The summed E-state index contributed by atoms with van der Waals surface area (Å²) in [4.78, 5) is 2.41. The summed E-state index contributed by atoms with van der Waals surface area (Å²) in [6, 6.07) is 81.3. The zero-order chi connectivity index (χ0) is 40.3. The summed E-state index contributed by atoms with van der Waals surface area (Å²) < 4.78 is 9.02. The van der Waals surface area contributed by atoms with Gasteiger partial charge in [-0.05, 0) is 110 Å². The van der Waals surface area contributed by atoms with Crippen molar-refractivity contribution in [1.82, 2.24) is 0 Å². The van der Waals surface area contributed by atoms with Gasteiger partial charge in [-0.3, -0.25) is 0 Å². The summed E-state index contributed by atoms with van der Waals surface area (Å²) >= 11 is 1.86. The second-order valence-electron chi connectivity index (χ2n) is 15.7. The second kappa shape index (κ2) is 14.5. The van der Waals surface area contributed by atoms with Gasteiger partial charge in [-0.25, -0.2) is 0 Å². The van der Waals surface area contributed by atoms with Gasteiger partial charge in [-0.15, -0.1) is 11.3 Å². The van der Waals surface area contributed by atoms with Crippen LogP contribution in [-0.4, -0.2) is 0 Å². The highest BCUT2D eigenvalue weighted by atomic mass is 32.1. The van der Waals surface area contributed by atoms with Gasteiger partial charge in [0.1, 0.15) is 11.2 Å². The van der Waals surface area contributed by atoms with Crippen LogP contribution in [0.1, 0.15) is 0 Å². The number of nitrogens with zero attached hydrogens (tertiary/aromatic N) is 1. The number of hydrogen-bond donors (Lipinski definition) is 0. The number of hydrogen-bond acceptors (Lipinski definition) is 3. The van der Waals surface area contributed by atoms with E-state index in [0.29, 0.717) is 0 Å². The van der Waals surface area contributed by atoms with E-state index in [2.05, 4.69) is 223 Å². The van der Waals surface area contributed by atoms with Crippen molar-refractivity contribution in [3.05, 3.63) is 224 Å². The van der Waals surface area contributed by atoms with E-state index in [0.717, 1.165) is 55.7 Å². The van der Waals surface area contributed by atoms with Crippen LogP contribution in [0, 0.1) is 0 Å². The number of fused-ring (bicyclic) bond motifs is 7. The van der Waals surface area contributed by atoms with Crippen molar-refractivity contribution in [3.63, 3.8) is 0 Å². The molecular weight excluding hydrogens is 759 g/mol. The van der Waals surface area contributed by atoms with Crippen molar-refractivity contribution in [2.45, 2.75) is 0 Å². The first-order valence-corrected chi connectivity index (χ1v) is 21.5. The van der Waals surface area contributed by atoms with Crippen LogP contribution in [0.4, 0.5) is 17.1 Å². The van der Waals surface area contributed by atoms with Crippen LogP contribution in [0.5, 0.6) is 0 Å². The van der Waals surface area contributed by atoms with E-state index in [1.165, 1.54) is 58.8 Å². The van der Waals surface area contributed by atoms with Crippen LogP contribution in [0.2, 0.25) is 0 Å². The molecule has 0 unspecified atom stereocenters. The van der Waals surface area contributed by atoms with Gasteiger partial charge in [0.15, 0.2) is 0 Å². The Morgan fingerprint density at radius 3 is 1.77 bits per heavy atom. The first-order valence-electron chi connectivity index (χ1n) is 20.7. The smallest absolute Gasteiger partial charge is 0.136 e. The second-order valence-corrected chi connectivity index (χ2v) is 16.8. The zero-order valence-corrected chi connectivity index (χ0v) is 33.9. The maximum atomic E-state index is 6.39. The third kappa shape index (κ3) is 6.18. The van der Waals surface area contributed by atoms with Crippen molar-refractivity contribution in [1.29, 1.82) is 0 Å². The van der Waals surface area contributed by atoms with E-state index in [-0.39, 0.29) is 0 Å². The fourth-order valence-electron chi connectivity index (χ4n) is 9.08. The third-order valence-corrected chi connectivity index (χ3v) is 13.2. The number of para-hydroxylation sites is 2. The highest BCUT2D eigenvalue weighted by Crippen LogP contribution is 2.46. The lowest BCUT2D eigenvalue weighted by molar-refractivity contribution is 0.669. The van der Waals surface area contributed by atoms with Gasteiger partial charge in [0, 0.05) is 47.9 Å². The van der Waals surface area contributed by atoms with Gasteiger partial charge in [0.25, 0.3) is 0 Å². The third-order valence-electron chi connectivity index (χ3n) is 12.1. The molecule has 12 aromatic rings. The standard InChI is InChI=1S/C58H37NOS/c1-2-12-42-35-44(28-27-38(42)11-1)40-25-23-39(24-26-40)43-13-9-14-47(36-43)59(46-32-29-41(30-33-46)45-31-34-50-49-16-5-8-22-56(49)61-57(50)37-45)53-19-6-3-15-48(53)51-18-10-21-55-58(51)52-17-4-7-20-54(52)60-55/h1-37H. The molecule has 0 aliphatic carbocycles. The van der Waals surface area contributed by atoms with E-state index >= 15 is 0 Å². The lowest BCUT2D eigenvalue weighted by atomic mass is 9.96. The highest BCUT2D eigenvalue weighted by molar-refractivity contribution is 7.25. The minimum Gasteiger partial charge on any atom is -0.456 e. The normalized spacial score (nSPS) is 11.6. The average Bonchev–Trinajstić information content (AvgIpc) is 3.90. The fourth-order valence-corrected chi connectivity index (χ4v) is 10.2. The number of thiophene rings is 1. The lowest BCUT2D eigenvalue weighted by Gasteiger charge is -2.28. The van der Waals surface area contributed by atoms with Gasteiger partial charge in [-0.1, -0.05) is 164 Å². The Morgan fingerprint density at radius 2 is 0.918 bits per heavy atom. The molecule has 0 saturated carbocycles. The Balaban J connectivity index is 0.977. The molecule has 0 aliphatic rings. The maximum Gasteiger partial charge on any atom is 0.136 e. The van der Waals surface area contributed by atoms with Crippen LogP contribution >= 0.6 is 11.3 Å². The van der Waals surface area contributed by atoms with E-state index < -0.39 is 0 Å². The largest absolute Gasteiger partial charge is 0.456 e. The molecule has 12 rings (SSSR count). The molecular formula is C58H37NOS. The van der Waals surface area contributed by atoms with Gasteiger partial charge >= 0.3 is 0 Å². The van der Waals surface area contributed by atoms with Crippen molar-refractivity contribution in [2.75, 3.05) is 4.90 Å².